The van der Waals surface area contributed by atoms with Gasteiger partial charge in [-0.2, -0.15) is 0 Å². The Labute approximate surface area is 96.4 Å². The van der Waals surface area contributed by atoms with Gasteiger partial charge in [-0.1, -0.05) is 18.2 Å². The second kappa shape index (κ2) is 4.44. The highest BCUT2D eigenvalue weighted by atomic mass is 16.5. The molecule has 88 valence electrons. The van der Waals surface area contributed by atoms with Crippen LogP contribution in [0.2, 0.25) is 0 Å². The van der Waals surface area contributed by atoms with Crippen molar-refractivity contribution in [2.24, 2.45) is 0 Å². The molecule has 1 saturated carbocycles. The number of anilines is 1. The third-order valence-electron chi connectivity index (χ3n) is 3.42. The van der Waals surface area contributed by atoms with Crippen LogP contribution in [-0.2, 0) is 4.74 Å². The largest absolute Gasteiger partial charge is 0.394 e. The summed E-state index contributed by atoms with van der Waals surface area (Å²) in [6.45, 7) is 2.22. The van der Waals surface area contributed by atoms with Gasteiger partial charge in [-0.25, -0.2) is 0 Å². The number of aryl methyl sites for hydroxylation is 1. The standard InChI is InChI=1S/C13H19NO2/c1-10-5-3-4-6-12(10)14-13(9-15)7-11(8-13)16-2/h3-6,11,14-15H,7-9H2,1-2H3. The highest BCUT2D eigenvalue weighted by molar-refractivity contribution is 5.53. The highest BCUT2D eigenvalue weighted by Crippen LogP contribution is 2.37. The van der Waals surface area contributed by atoms with Gasteiger partial charge in [0.25, 0.3) is 0 Å². The van der Waals surface area contributed by atoms with Crippen molar-refractivity contribution in [1.29, 1.82) is 0 Å². The zero-order chi connectivity index (χ0) is 11.6. The van der Waals surface area contributed by atoms with Gasteiger partial charge in [0.1, 0.15) is 0 Å². The lowest BCUT2D eigenvalue weighted by Crippen LogP contribution is -2.56. The van der Waals surface area contributed by atoms with E-state index in [2.05, 4.69) is 18.3 Å². The van der Waals surface area contributed by atoms with Crippen LogP contribution in [0.1, 0.15) is 18.4 Å². The third-order valence-corrected chi connectivity index (χ3v) is 3.42. The average molecular weight is 221 g/mol. The van der Waals surface area contributed by atoms with Crippen molar-refractivity contribution in [3.8, 4) is 0 Å². The number of rotatable bonds is 4. The van der Waals surface area contributed by atoms with Gasteiger partial charge >= 0.3 is 0 Å². The van der Waals surface area contributed by atoms with Crippen molar-refractivity contribution >= 4 is 5.69 Å². The molecule has 1 aliphatic rings. The Hall–Kier alpha value is -1.06. The summed E-state index contributed by atoms with van der Waals surface area (Å²) in [6, 6.07) is 8.14. The molecule has 0 spiro atoms. The molecule has 0 atom stereocenters. The molecule has 16 heavy (non-hydrogen) atoms. The smallest absolute Gasteiger partial charge is 0.0663 e. The second-order valence-electron chi connectivity index (χ2n) is 4.64. The molecule has 1 aromatic carbocycles. The molecule has 3 heteroatoms. The molecule has 0 amide bonds. The number of aliphatic hydroxyl groups is 1. The Morgan fingerprint density at radius 1 is 1.44 bits per heavy atom. The fourth-order valence-corrected chi connectivity index (χ4v) is 2.25. The van der Waals surface area contributed by atoms with E-state index < -0.39 is 0 Å². The molecule has 1 fully saturated rings. The Morgan fingerprint density at radius 3 is 2.69 bits per heavy atom. The summed E-state index contributed by atoms with van der Waals surface area (Å²) in [5.41, 5.74) is 2.12. The van der Waals surface area contributed by atoms with Crippen LogP contribution in [0.5, 0.6) is 0 Å². The minimum Gasteiger partial charge on any atom is -0.394 e. The number of hydrogen-bond donors (Lipinski definition) is 2. The van der Waals surface area contributed by atoms with E-state index in [1.807, 2.05) is 18.2 Å². The summed E-state index contributed by atoms with van der Waals surface area (Å²) in [6.07, 6.45) is 2.02. The highest BCUT2D eigenvalue weighted by Gasteiger charge is 2.44. The Kier molecular flexibility index (Phi) is 3.17. The van der Waals surface area contributed by atoms with E-state index in [0.717, 1.165) is 18.5 Å². The first kappa shape index (κ1) is 11.4. The van der Waals surface area contributed by atoms with Crippen molar-refractivity contribution in [2.75, 3.05) is 19.0 Å². The number of aliphatic hydroxyl groups excluding tert-OH is 1. The van der Waals surface area contributed by atoms with Crippen LogP contribution in [0.15, 0.2) is 24.3 Å². The molecule has 1 aromatic rings. The van der Waals surface area contributed by atoms with Crippen molar-refractivity contribution in [3.63, 3.8) is 0 Å². The first-order chi connectivity index (χ1) is 7.69. The Bertz CT molecular complexity index is 359. The minimum atomic E-state index is -0.188. The molecule has 0 unspecified atom stereocenters. The van der Waals surface area contributed by atoms with Gasteiger partial charge in [0.2, 0.25) is 0 Å². The van der Waals surface area contributed by atoms with Crippen molar-refractivity contribution in [1.82, 2.24) is 0 Å². The van der Waals surface area contributed by atoms with Gasteiger partial charge in [0.05, 0.1) is 18.2 Å². The third kappa shape index (κ3) is 2.06. The average Bonchev–Trinajstić information content (AvgIpc) is 2.25. The SMILES string of the molecule is COC1CC(CO)(Nc2ccccc2C)C1. The number of methoxy groups -OCH3 is 1. The molecule has 0 aliphatic heterocycles. The van der Waals surface area contributed by atoms with E-state index in [-0.39, 0.29) is 18.2 Å². The van der Waals surface area contributed by atoms with Crippen LogP contribution in [0.25, 0.3) is 0 Å². The maximum atomic E-state index is 9.48. The quantitative estimate of drug-likeness (QED) is 0.816. The summed E-state index contributed by atoms with van der Waals surface area (Å²) >= 11 is 0. The maximum absolute atomic E-state index is 9.48. The number of benzene rings is 1. The van der Waals surface area contributed by atoms with Crippen LogP contribution in [-0.4, -0.2) is 30.5 Å². The summed E-state index contributed by atoms with van der Waals surface area (Å²) in [5.74, 6) is 0. The molecule has 0 bridgehead atoms. The summed E-state index contributed by atoms with van der Waals surface area (Å²) in [7, 11) is 1.72. The Morgan fingerprint density at radius 2 is 2.12 bits per heavy atom. The molecule has 2 N–H and O–H groups in total. The monoisotopic (exact) mass is 221 g/mol. The lowest BCUT2D eigenvalue weighted by Gasteiger charge is -2.47. The zero-order valence-electron chi connectivity index (χ0n) is 9.86. The van der Waals surface area contributed by atoms with E-state index in [4.69, 9.17) is 4.74 Å². The van der Waals surface area contributed by atoms with Crippen LogP contribution in [0.3, 0.4) is 0 Å². The number of para-hydroxylation sites is 1. The maximum Gasteiger partial charge on any atom is 0.0663 e. The van der Waals surface area contributed by atoms with Gasteiger partial charge in [-0.15, -0.1) is 0 Å². The molecule has 0 saturated heterocycles. The normalized spacial score (nSPS) is 28.6. The van der Waals surface area contributed by atoms with Crippen LogP contribution < -0.4 is 5.32 Å². The van der Waals surface area contributed by atoms with Gasteiger partial charge in [-0.3, -0.25) is 0 Å². The zero-order valence-corrected chi connectivity index (χ0v) is 9.86. The van der Waals surface area contributed by atoms with Crippen molar-refractivity contribution in [2.45, 2.75) is 31.4 Å². The fraction of sp³-hybridized carbons (Fsp3) is 0.538. The van der Waals surface area contributed by atoms with Gasteiger partial charge in [0, 0.05) is 12.8 Å². The van der Waals surface area contributed by atoms with Crippen molar-refractivity contribution in [3.05, 3.63) is 29.8 Å². The summed E-state index contributed by atoms with van der Waals surface area (Å²) in [4.78, 5) is 0. The molecule has 0 radical (unpaired) electrons. The van der Waals surface area contributed by atoms with Gasteiger partial charge in [0.15, 0.2) is 0 Å². The lowest BCUT2D eigenvalue weighted by atomic mass is 9.74. The molecule has 2 rings (SSSR count). The summed E-state index contributed by atoms with van der Waals surface area (Å²) < 4.78 is 5.26. The van der Waals surface area contributed by atoms with E-state index >= 15 is 0 Å². The van der Waals surface area contributed by atoms with E-state index in [9.17, 15) is 5.11 Å². The molecule has 0 aromatic heterocycles. The van der Waals surface area contributed by atoms with Crippen LogP contribution in [0.4, 0.5) is 5.69 Å². The molecule has 3 nitrogen and oxygen atoms in total. The molecule has 0 heterocycles. The number of nitrogens with one attached hydrogen (secondary N) is 1. The lowest BCUT2D eigenvalue weighted by molar-refractivity contribution is -0.0256. The minimum absolute atomic E-state index is 0.154. The number of ether oxygens (including phenoxy) is 1. The van der Waals surface area contributed by atoms with E-state index in [1.54, 1.807) is 7.11 Å². The first-order valence-electron chi connectivity index (χ1n) is 5.66. The predicted molar refractivity (Wildman–Crippen MR) is 64.6 cm³/mol. The topological polar surface area (TPSA) is 41.5 Å². The second-order valence-corrected chi connectivity index (χ2v) is 4.64. The van der Waals surface area contributed by atoms with Gasteiger partial charge < -0.3 is 15.2 Å². The van der Waals surface area contributed by atoms with Gasteiger partial charge in [-0.05, 0) is 31.4 Å². The molecular formula is C13H19NO2. The first-order valence-corrected chi connectivity index (χ1v) is 5.66. The van der Waals surface area contributed by atoms with E-state index in [1.165, 1.54) is 5.56 Å². The van der Waals surface area contributed by atoms with Crippen molar-refractivity contribution < 1.29 is 9.84 Å². The van der Waals surface area contributed by atoms with Crippen LogP contribution >= 0.6 is 0 Å². The van der Waals surface area contributed by atoms with E-state index in [0.29, 0.717) is 0 Å². The fourth-order valence-electron chi connectivity index (χ4n) is 2.25. The Balaban J connectivity index is 2.06. The predicted octanol–water partition coefficient (Wildman–Crippen LogP) is 1.95. The molecule has 1 aliphatic carbocycles. The molecular weight excluding hydrogens is 202 g/mol. The number of hydrogen-bond acceptors (Lipinski definition) is 3. The summed E-state index contributed by atoms with van der Waals surface area (Å²) in [5, 5.41) is 12.9. The van der Waals surface area contributed by atoms with Crippen LogP contribution in [0, 0.1) is 6.92 Å².